The Morgan fingerprint density at radius 2 is 1.70 bits per heavy atom. The molecular weight excluding hydrogens is 739 g/mol. The second-order valence-electron chi connectivity index (χ2n) is 15.4. The van der Waals surface area contributed by atoms with Gasteiger partial charge in [0.25, 0.3) is 5.91 Å². The number of Topliss-reactive ketones (excluding diaryl/α,β-unsaturated/α-hetero) is 1. The number of ketones is 1. The maximum Gasteiger partial charge on any atom is 0.287 e. The second kappa shape index (κ2) is 15.1. The molecule has 3 amide bonds. The molecule has 18 heteroatoms. The van der Waals surface area contributed by atoms with Crippen LogP contribution in [0.1, 0.15) is 83.4 Å². The molecule has 1 aromatic heterocycles. The van der Waals surface area contributed by atoms with Crippen LogP contribution in [0.4, 0.5) is 0 Å². The quantitative estimate of drug-likeness (QED) is 0.191. The second-order valence-corrected chi connectivity index (χ2v) is 19.4. The number of hydrogen-bond acceptors (Lipinski definition) is 11. The molecule has 6 rings (SSSR count). The first-order valence-corrected chi connectivity index (χ1v) is 21.5. The van der Waals surface area contributed by atoms with Crippen LogP contribution in [-0.4, -0.2) is 101 Å². The zero-order chi connectivity index (χ0) is 39.1. The number of amides is 3. The van der Waals surface area contributed by atoms with E-state index in [1.165, 1.54) is 41.8 Å². The third-order valence-electron chi connectivity index (χ3n) is 11.0. The van der Waals surface area contributed by atoms with E-state index in [1.807, 2.05) is 12.1 Å². The number of benzene rings is 2. The van der Waals surface area contributed by atoms with Gasteiger partial charge in [-0.2, -0.15) is 4.72 Å². The molecule has 292 valence electrons. The van der Waals surface area contributed by atoms with Gasteiger partial charge in [0.1, 0.15) is 23.2 Å². The maximum absolute atomic E-state index is 14.9. The summed E-state index contributed by atoms with van der Waals surface area (Å²) in [6.45, 7) is 2.91. The Labute approximate surface area is 314 Å². The molecule has 54 heavy (non-hydrogen) atoms. The largest absolute Gasteiger partial charge is 0.384 e. The van der Waals surface area contributed by atoms with Gasteiger partial charge in [0.05, 0.1) is 34.3 Å². The lowest BCUT2D eigenvalue weighted by atomic mass is 9.84. The fraction of sp³-hybridized carbons (Fsp3) is 0.556. The standard InChI is InChI=1S/C36H47N7O9S2/c1-35(2,48)30-21-38-41-43(30)26-20-29(33(46)39-36(31(44)32(37)45)14-16-53(49,50)17-15-36)42(22-26)34(47)28(18-23-8-4-3-5-9-23)40-54(51,52)27-13-12-24-10-6-7-11-25(24)19-27/h6-7,10-13,19,21,23,26,28-29,40,48H,3-5,8-9,14-18,20,22H2,1-2H3,(H2,37,45)(H,39,46)/t26?,28-,29?/m1/s1. The van der Waals surface area contributed by atoms with Gasteiger partial charge in [-0.3, -0.25) is 19.2 Å². The predicted octanol–water partition coefficient (Wildman–Crippen LogP) is 1.24. The van der Waals surface area contributed by atoms with Crippen LogP contribution in [-0.2, 0) is 44.6 Å². The van der Waals surface area contributed by atoms with Crippen molar-refractivity contribution in [3.8, 4) is 0 Å². The first-order valence-electron chi connectivity index (χ1n) is 18.2. The topological polar surface area (TPSA) is 241 Å². The van der Waals surface area contributed by atoms with E-state index in [0.29, 0.717) is 11.1 Å². The maximum atomic E-state index is 14.9. The van der Waals surface area contributed by atoms with Crippen molar-refractivity contribution in [3.05, 3.63) is 54.4 Å². The van der Waals surface area contributed by atoms with E-state index in [-0.39, 0.29) is 30.2 Å². The predicted molar refractivity (Wildman–Crippen MR) is 197 cm³/mol. The van der Waals surface area contributed by atoms with E-state index in [2.05, 4.69) is 20.4 Å². The van der Waals surface area contributed by atoms with Crippen molar-refractivity contribution < 1.29 is 41.1 Å². The number of hydrogen-bond donors (Lipinski definition) is 4. The third kappa shape index (κ3) is 8.35. The first kappa shape index (κ1) is 39.4. The van der Waals surface area contributed by atoms with Crippen LogP contribution in [0, 0.1) is 5.92 Å². The molecule has 2 unspecified atom stereocenters. The van der Waals surface area contributed by atoms with Gasteiger partial charge in [0.15, 0.2) is 9.84 Å². The smallest absolute Gasteiger partial charge is 0.287 e. The summed E-state index contributed by atoms with van der Waals surface area (Å²) >= 11 is 0. The number of fused-ring (bicyclic) bond motifs is 1. The summed E-state index contributed by atoms with van der Waals surface area (Å²) in [6.07, 6.45) is 5.14. The molecule has 3 heterocycles. The third-order valence-corrected chi connectivity index (χ3v) is 14.2. The molecule has 3 aromatic rings. The van der Waals surface area contributed by atoms with Crippen molar-refractivity contribution in [1.29, 1.82) is 0 Å². The number of nitrogens with zero attached hydrogens (tertiary/aromatic N) is 4. The van der Waals surface area contributed by atoms with Gasteiger partial charge in [-0.1, -0.05) is 67.6 Å². The number of rotatable bonds is 12. The van der Waals surface area contributed by atoms with Crippen LogP contribution in [0.25, 0.3) is 10.8 Å². The number of likely N-dealkylation sites (tertiary alicyclic amines) is 1. The monoisotopic (exact) mass is 785 g/mol. The number of nitrogens with two attached hydrogens (primary N) is 1. The Kier molecular flexibility index (Phi) is 11.0. The normalized spacial score (nSPS) is 22.5. The summed E-state index contributed by atoms with van der Waals surface area (Å²) in [7, 11) is -7.83. The lowest BCUT2D eigenvalue weighted by Gasteiger charge is -2.37. The SMILES string of the molecule is CC(C)(O)c1cnnn1C1CC(C(=O)NC2(C(=O)C(N)=O)CCS(=O)(=O)CC2)N(C(=O)[C@@H](CC2CCCCC2)NS(=O)(=O)c2ccc3ccccc3c2)C1. The van der Waals surface area contributed by atoms with E-state index in [1.54, 1.807) is 18.2 Å². The molecule has 0 radical (unpaired) electrons. The lowest BCUT2D eigenvalue weighted by molar-refractivity contribution is -0.145. The van der Waals surface area contributed by atoms with Gasteiger partial charge in [0.2, 0.25) is 27.6 Å². The molecule has 2 saturated heterocycles. The van der Waals surface area contributed by atoms with Crippen LogP contribution in [0.2, 0.25) is 0 Å². The van der Waals surface area contributed by atoms with E-state index in [4.69, 9.17) is 5.73 Å². The molecular formula is C36H47N7O9S2. The molecule has 0 spiro atoms. The fourth-order valence-corrected chi connectivity index (χ4v) is 10.8. The molecule has 16 nitrogen and oxygen atoms in total. The Hall–Kier alpha value is -4.26. The van der Waals surface area contributed by atoms with Crippen LogP contribution < -0.4 is 15.8 Å². The van der Waals surface area contributed by atoms with Crippen LogP contribution in [0.3, 0.4) is 0 Å². The molecule has 2 aromatic carbocycles. The number of aliphatic hydroxyl groups is 1. The van der Waals surface area contributed by atoms with Crippen molar-refractivity contribution in [2.75, 3.05) is 18.1 Å². The molecule has 1 aliphatic carbocycles. The molecule has 5 N–H and O–H groups in total. The first-order chi connectivity index (χ1) is 25.4. The van der Waals surface area contributed by atoms with Crippen molar-refractivity contribution in [2.45, 2.75) is 106 Å². The fourth-order valence-electron chi connectivity index (χ4n) is 8.03. The number of carbonyl (C=O) groups is 4. The minimum Gasteiger partial charge on any atom is -0.384 e. The summed E-state index contributed by atoms with van der Waals surface area (Å²) in [5, 5.41) is 23.1. The molecule has 3 atom stereocenters. The number of aromatic nitrogens is 3. The van der Waals surface area contributed by atoms with Gasteiger partial charge in [-0.15, -0.1) is 5.10 Å². The Balaban J connectivity index is 1.37. The highest BCUT2D eigenvalue weighted by Gasteiger charge is 2.51. The summed E-state index contributed by atoms with van der Waals surface area (Å²) in [5.74, 6) is -4.96. The number of primary amides is 1. The van der Waals surface area contributed by atoms with Gasteiger partial charge in [-0.05, 0) is 61.9 Å². The van der Waals surface area contributed by atoms with E-state index in [0.717, 1.165) is 37.5 Å². The van der Waals surface area contributed by atoms with Crippen LogP contribution in [0.15, 0.2) is 53.6 Å². The van der Waals surface area contributed by atoms with E-state index >= 15 is 0 Å². The van der Waals surface area contributed by atoms with Crippen molar-refractivity contribution in [2.24, 2.45) is 11.7 Å². The summed E-state index contributed by atoms with van der Waals surface area (Å²) < 4.78 is 56.8. The van der Waals surface area contributed by atoms with Crippen LogP contribution >= 0.6 is 0 Å². The minimum atomic E-state index is -4.27. The average Bonchev–Trinajstić information content (AvgIpc) is 3.81. The average molecular weight is 786 g/mol. The minimum absolute atomic E-state index is 0.0235. The Bertz CT molecular complexity index is 2140. The van der Waals surface area contributed by atoms with Gasteiger partial charge < -0.3 is 21.1 Å². The molecule has 3 fully saturated rings. The van der Waals surface area contributed by atoms with E-state index < -0.39 is 97.0 Å². The number of carbonyl (C=O) groups excluding carboxylic acids is 4. The van der Waals surface area contributed by atoms with Crippen molar-refractivity contribution in [1.82, 2.24) is 29.9 Å². The Morgan fingerprint density at radius 1 is 1.04 bits per heavy atom. The highest BCUT2D eigenvalue weighted by molar-refractivity contribution is 7.91. The summed E-state index contributed by atoms with van der Waals surface area (Å²) in [6, 6.07) is 8.63. The van der Waals surface area contributed by atoms with E-state index in [9.17, 15) is 41.1 Å². The highest BCUT2D eigenvalue weighted by atomic mass is 32.2. The summed E-state index contributed by atoms with van der Waals surface area (Å²) in [4.78, 5) is 55.8. The Morgan fingerprint density at radius 3 is 2.35 bits per heavy atom. The lowest BCUT2D eigenvalue weighted by Crippen LogP contribution is -2.64. The summed E-state index contributed by atoms with van der Waals surface area (Å²) in [5.41, 5.74) is 2.33. The molecule has 2 aliphatic heterocycles. The molecule has 3 aliphatic rings. The zero-order valence-corrected chi connectivity index (χ0v) is 31.9. The van der Waals surface area contributed by atoms with Crippen molar-refractivity contribution in [3.63, 3.8) is 0 Å². The molecule has 1 saturated carbocycles. The van der Waals surface area contributed by atoms with Gasteiger partial charge in [-0.25, -0.2) is 21.5 Å². The van der Waals surface area contributed by atoms with Gasteiger partial charge in [0, 0.05) is 13.0 Å². The number of nitrogens with one attached hydrogen (secondary N) is 2. The van der Waals surface area contributed by atoms with Crippen LogP contribution in [0.5, 0.6) is 0 Å². The number of sulfonamides is 1. The van der Waals surface area contributed by atoms with Gasteiger partial charge >= 0.3 is 0 Å². The molecule has 0 bridgehead atoms. The zero-order valence-electron chi connectivity index (χ0n) is 30.3. The number of sulfone groups is 1. The van der Waals surface area contributed by atoms with Crippen molar-refractivity contribution >= 4 is 54.1 Å². The highest BCUT2D eigenvalue weighted by Crippen LogP contribution is 2.35.